The maximum absolute atomic E-state index is 11.8. The average Bonchev–Trinajstić information content (AvgIpc) is 2.24. The van der Waals surface area contributed by atoms with Crippen LogP contribution in [0, 0.1) is 5.41 Å². The van der Waals surface area contributed by atoms with Gasteiger partial charge in [0.2, 0.25) is 10.0 Å². The van der Waals surface area contributed by atoms with Gasteiger partial charge >= 0.3 is 0 Å². The number of rotatable bonds is 7. The molecule has 0 radical (unpaired) electrons. The van der Waals surface area contributed by atoms with Crippen LogP contribution in [0.4, 0.5) is 0 Å². The van der Waals surface area contributed by atoms with Crippen molar-refractivity contribution in [2.45, 2.75) is 45.3 Å². The third-order valence-electron chi connectivity index (χ3n) is 3.58. The van der Waals surface area contributed by atoms with Crippen molar-refractivity contribution in [1.29, 1.82) is 0 Å². The van der Waals surface area contributed by atoms with Gasteiger partial charge in [0.25, 0.3) is 0 Å². The van der Waals surface area contributed by atoms with Crippen molar-refractivity contribution in [2.75, 3.05) is 18.7 Å². The Morgan fingerprint density at radius 2 is 2.06 bits per heavy atom. The first-order valence-electron chi connectivity index (χ1n) is 5.92. The number of hydrogen-bond donors (Lipinski definition) is 1. The van der Waals surface area contributed by atoms with E-state index >= 15 is 0 Å². The molecule has 2 unspecified atom stereocenters. The van der Waals surface area contributed by atoms with Gasteiger partial charge in [0.05, 0.1) is 11.9 Å². The highest BCUT2D eigenvalue weighted by Crippen LogP contribution is 2.42. The Bertz CT molecular complexity index is 343. The maximum Gasteiger partial charge on any atom is 0.211 e. The molecular formula is C11H22ClNO3S. The van der Waals surface area contributed by atoms with Gasteiger partial charge in [-0.1, -0.05) is 13.8 Å². The minimum Gasteiger partial charge on any atom is -0.381 e. The predicted octanol–water partition coefficient (Wildman–Crippen LogP) is 1.74. The van der Waals surface area contributed by atoms with Gasteiger partial charge in [-0.05, 0) is 19.3 Å². The number of sulfonamides is 1. The molecule has 0 aliphatic heterocycles. The molecule has 2 atom stereocenters. The second kappa shape index (κ2) is 5.87. The summed E-state index contributed by atoms with van der Waals surface area (Å²) in [5.74, 6) is 0.667. The molecule has 102 valence electrons. The van der Waals surface area contributed by atoms with Crippen LogP contribution in [-0.4, -0.2) is 39.3 Å². The fourth-order valence-corrected chi connectivity index (χ4v) is 3.87. The van der Waals surface area contributed by atoms with Gasteiger partial charge in [0.15, 0.2) is 0 Å². The molecule has 1 aliphatic carbocycles. The van der Waals surface area contributed by atoms with E-state index in [0.29, 0.717) is 12.3 Å². The van der Waals surface area contributed by atoms with Crippen molar-refractivity contribution in [1.82, 2.24) is 4.72 Å². The van der Waals surface area contributed by atoms with Crippen LogP contribution in [0.2, 0.25) is 0 Å². The first-order chi connectivity index (χ1) is 7.83. The van der Waals surface area contributed by atoms with E-state index in [0.717, 1.165) is 12.8 Å². The summed E-state index contributed by atoms with van der Waals surface area (Å²) in [5, 5.41) is 0. The number of ether oxygens (including phenoxy) is 1. The van der Waals surface area contributed by atoms with Gasteiger partial charge < -0.3 is 4.74 Å². The van der Waals surface area contributed by atoms with Crippen molar-refractivity contribution in [3.63, 3.8) is 0 Å². The van der Waals surface area contributed by atoms with E-state index in [9.17, 15) is 8.42 Å². The third-order valence-corrected chi connectivity index (χ3v) is 5.32. The molecule has 0 saturated heterocycles. The Balaban J connectivity index is 2.45. The number of halogens is 1. The Morgan fingerprint density at radius 3 is 2.53 bits per heavy atom. The standard InChI is InChI=1S/C11H22ClNO3S/c1-11(2)9(8-10(11)16-3)13-17(14,15)7-5-4-6-12/h9-10,13H,4-8H2,1-3H3. The van der Waals surface area contributed by atoms with E-state index in [2.05, 4.69) is 4.72 Å². The molecule has 0 aromatic rings. The van der Waals surface area contributed by atoms with Gasteiger partial charge in [-0.3, -0.25) is 0 Å². The van der Waals surface area contributed by atoms with Crippen molar-refractivity contribution in [3.8, 4) is 0 Å². The summed E-state index contributed by atoms with van der Waals surface area (Å²) in [6.07, 6.45) is 2.23. The molecule has 0 spiro atoms. The quantitative estimate of drug-likeness (QED) is 0.572. The molecule has 4 nitrogen and oxygen atoms in total. The molecule has 0 aromatic carbocycles. The van der Waals surface area contributed by atoms with Crippen LogP contribution >= 0.6 is 11.6 Å². The van der Waals surface area contributed by atoms with E-state index < -0.39 is 10.0 Å². The monoisotopic (exact) mass is 283 g/mol. The number of methoxy groups -OCH3 is 1. The average molecular weight is 284 g/mol. The molecule has 1 rings (SSSR count). The van der Waals surface area contributed by atoms with Crippen LogP contribution in [-0.2, 0) is 14.8 Å². The second-order valence-corrected chi connectivity index (χ2v) is 7.42. The largest absolute Gasteiger partial charge is 0.381 e. The molecule has 6 heteroatoms. The van der Waals surface area contributed by atoms with Gasteiger partial charge in [-0.2, -0.15) is 0 Å². The van der Waals surface area contributed by atoms with Gasteiger partial charge in [-0.25, -0.2) is 13.1 Å². The predicted molar refractivity (Wildman–Crippen MR) is 69.9 cm³/mol. The third kappa shape index (κ3) is 3.81. The Morgan fingerprint density at radius 1 is 1.41 bits per heavy atom. The SMILES string of the molecule is COC1CC(NS(=O)(=O)CCCCCl)C1(C)C. The van der Waals surface area contributed by atoms with Crippen molar-refractivity contribution >= 4 is 21.6 Å². The lowest BCUT2D eigenvalue weighted by atomic mass is 9.65. The van der Waals surface area contributed by atoms with E-state index in [1.807, 2.05) is 13.8 Å². The van der Waals surface area contributed by atoms with Gasteiger partial charge in [0, 0.05) is 24.4 Å². The summed E-state index contributed by atoms with van der Waals surface area (Å²) in [6, 6.07) is -0.0200. The molecule has 0 aromatic heterocycles. The lowest BCUT2D eigenvalue weighted by Gasteiger charge is -2.51. The highest BCUT2D eigenvalue weighted by Gasteiger charge is 2.49. The van der Waals surface area contributed by atoms with Crippen molar-refractivity contribution in [2.24, 2.45) is 5.41 Å². The summed E-state index contributed by atoms with van der Waals surface area (Å²) in [5.41, 5.74) is -0.131. The summed E-state index contributed by atoms with van der Waals surface area (Å²) >= 11 is 5.53. The first-order valence-corrected chi connectivity index (χ1v) is 8.11. The minimum absolute atomic E-state index is 0.0200. The second-order valence-electron chi connectivity index (χ2n) is 5.17. The molecule has 1 saturated carbocycles. The molecule has 1 N–H and O–H groups in total. The highest BCUT2D eigenvalue weighted by atomic mass is 35.5. The zero-order valence-corrected chi connectivity index (χ0v) is 12.3. The van der Waals surface area contributed by atoms with Crippen LogP contribution in [0.3, 0.4) is 0 Å². The smallest absolute Gasteiger partial charge is 0.211 e. The Labute approximate surface area is 109 Å². The molecular weight excluding hydrogens is 262 g/mol. The molecule has 0 heterocycles. The normalized spacial score (nSPS) is 27.8. The van der Waals surface area contributed by atoms with Crippen LogP contribution in [0.5, 0.6) is 0 Å². The summed E-state index contributed by atoms with van der Waals surface area (Å²) < 4.78 is 31.6. The van der Waals surface area contributed by atoms with E-state index in [-0.39, 0.29) is 23.3 Å². The Hall–Kier alpha value is 0.160. The fraction of sp³-hybridized carbons (Fsp3) is 1.00. The number of nitrogens with one attached hydrogen (secondary N) is 1. The Kier molecular flexibility index (Phi) is 5.25. The van der Waals surface area contributed by atoms with Crippen LogP contribution in [0.1, 0.15) is 33.1 Å². The molecule has 17 heavy (non-hydrogen) atoms. The molecule has 0 amide bonds. The highest BCUT2D eigenvalue weighted by molar-refractivity contribution is 7.89. The molecule has 1 fully saturated rings. The van der Waals surface area contributed by atoms with E-state index in [1.54, 1.807) is 7.11 Å². The van der Waals surface area contributed by atoms with Crippen molar-refractivity contribution in [3.05, 3.63) is 0 Å². The summed E-state index contributed by atoms with van der Waals surface area (Å²) in [4.78, 5) is 0. The van der Waals surface area contributed by atoms with Crippen molar-refractivity contribution < 1.29 is 13.2 Å². The zero-order chi connectivity index (χ0) is 13.1. The van der Waals surface area contributed by atoms with E-state index in [4.69, 9.17) is 16.3 Å². The summed E-state index contributed by atoms with van der Waals surface area (Å²) in [7, 11) is -1.52. The number of hydrogen-bond acceptors (Lipinski definition) is 3. The fourth-order valence-electron chi connectivity index (χ4n) is 2.15. The van der Waals surface area contributed by atoms with Gasteiger partial charge in [0.1, 0.15) is 0 Å². The van der Waals surface area contributed by atoms with Crippen LogP contribution in [0.15, 0.2) is 0 Å². The summed E-state index contributed by atoms with van der Waals surface area (Å²) in [6.45, 7) is 4.05. The lowest BCUT2D eigenvalue weighted by Crippen LogP contribution is -2.61. The van der Waals surface area contributed by atoms with Gasteiger partial charge in [-0.15, -0.1) is 11.6 Å². The molecule has 0 bridgehead atoms. The zero-order valence-electron chi connectivity index (χ0n) is 10.7. The number of unbranched alkanes of at least 4 members (excludes halogenated alkanes) is 1. The van der Waals surface area contributed by atoms with E-state index in [1.165, 1.54) is 0 Å². The number of alkyl halides is 1. The minimum atomic E-state index is -3.18. The topological polar surface area (TPSA) is 55.4 Å². The first kappa shape index (κ1) is 15.2. The van der Waals surface area contributed by atoms with Crippen LogP contribution < -0.4 is 4.72 Å². The maximum atomic E-state index is 11.8. The lowest BCUT2D eigenvalue weighted by molar-refractivity contribution is -0.0908. The van der Waals surface area contributed by atoms with Crippen LogP contribution in [0.25, 0.3) is 0 Å². The molecule has 1 aliphatic rings.